The van der Waals surface area contributed by atoms with Crippen LogP contribution in [0.4, 0.5) is 5.13 Å². The van der Waals surface area contributed by atoms with Crippen molar-refractivity contribution in [1.29, 1.82) is 0 Å². The number of nitrogens with zero attached hydrogens (tertiary/aromatic N) is 5. The van der Waals surface area contributed by atoms with E-state index in [1.54, 1.807) is 15.9 Å². The molecule has 1 N–H and O–H groups in total. The van der Waals surface area contributed by atoms with E-state index in [0.717, 1.165) is 20.1 Å². The van der Waals surface area contributed by atoms with Gasteiger partial charge in [0.05, 0.1) is 20.8 Å². The number of nitrogens with one attached hydrogen (secondary N) is 1. The van der Waals surface area contributed by atoms with Crippen molar-refractivity contribution in [3.8, 4) is 10.7 Å². The van der Waals surface area contributed by atoms with Crippen LogP contribution in [0.25, 0.3) is 26.6 Å². The Kier molecular flexibility index (Phi) is 4.74. The van der Waals surface area contributed by atoms with E-state index in [9.17, 15) is 4.79 Å². The molecule has 0 unspecified atom stereocenters. The number of aryl methyl sites for hydroxylation is 1. The van der Waals surface area contributed by atoms with Crippen LogP contribution in [0, 0.1) is 6.92 Å². The molecule has 0 bridgehead atoms. The fraction of sp³-hybridized carbons (Fsp3) is 0.105. The Hall–Kier alpha value is -2.82. The van der Waals surface area contributed by atoms with Gasteiger partial charge in [-0.25, -0.2) is 4.98 Å². The summed E-state index contributed by atoms with van der Waals surface area (Å²) in [6, 6.07) is 13.7. The van der Waals surface area contributed by atoms with Crippen LogP contribution in [0.3, 0.4) is 0 Å². The number of benzene rings is 1. The first-order valence-corrected chi connectivity index (χ1v) is 11.4. The normalized spacial score (nSPS) is 11.3. The van der Waals surface area contributed by atoms with Crippen molar-refractivity contribution in [3.63, 3.8) is 0 Å². The Bertz CT molecular complexity index is 1320. The Morgan fingerprint density at radius 1 is 1.21 bits per heavy atom. The van der Waals surface area contributed by atoms with Gasteiger partial charge in [0.1, 0.15) is 5.03 Å². The number of carbonyl (C=O) groups excluding carboxylic acids is 1. The molecule has 1 amide bonds. The molecule has 0 aliphatic heterocycles. The Morgan fingerprint density at radius 2 is 2.14 bits per heavy atom. The van der Waals surface area contributed by atoms with Gasteiger partial charge in [-0.15, -0.1) is 21.5 Å². The van der Waals surface area contributed by atoms with Gasteiger partial charge >= 0.3 is 0 Å². The zero-order valence-electron chi connectivity index (χ0n) is 15.2. The molecule has 0 spiro atoms. The van der Waals surface area contributed by atoms with E-state index in [-0.39, 0.29) is 11.7 Å². The number of amides is 1. The van der Waals surface area contributed by atoms with E-state index in [0.29, 0.717) is 16.6 Å². The Labute approximate surface area is 177 Å². The minimum atomic E-state index is -0.116. The van der Waals surface area contributed by atoms with Crippen molar-refractivity contribution in [3.05, 3.63) is 53.4 Å². The van der Waals surface area contributed by atoms with Crippen LogP contribution in [0.2, 0.25) is 0 Å². The standard InChI is InChI=1S/C19H14N6OS3/c1-11-4-5-12-14(9-11)29-19(20-12)21-16(26)10-28-17-7-6-15-22-23-18(25(15)24-17)13-3-2-8-27-13/h2-9H,10H2,1H3,(H,20,21,26). The van der Waals surface area contributed by atoms with Crippen LogP contribution in [0.5, 0.6) is 0 Å². The first-order valence-electron chi connectivity index (χ1n) is 8.72. The van der Waals surface area contributed by atoms with Crippen molar-refractivity contribution in [2.24, 2.45) is 0 Å². The number of rotatable bonds is 5. The van der Waals surface area contributed by atoms with Crippen molar-refractivity contribution in [2.75, 3.05) is 11.1 Å². The highest BCUT2D eigenvalue weighted by atomic mass is 32.2. The highest BCUT2D eigenvalue weighted by Crippen LogP contribution is 2.27. The molecule has 29 heavy (non-hydrogen) atoms. The first kappa shape index (κ1) is 18.2. The second-order valence-corrected chi connectivity index (χ2v) is 9.24. The molecule has 4 aromatic heterocycles. The van der Waals surface area contributed by atoms with Gasteiger partial charge in [0, 0.05) is 0 Å². The van der Waals surface area contributed by atoms with E-state index >= 15 is 0 Å². The number of hydrogen-bond acceptors (Lipinski definition) is 8. The summed E-state index contributed by atoms with van der Waals surface area (Å²) in [4.78, 5) is 17.8. The predicted octanol–water partition coefficient (Wildman–Crippen LogP) is 4.50. The summed E-state index contributed by atoms with van der Waals surface area (Å²) in [5.74, 6) is 0.825. The lowest BCUT2D eigenvalue weighted by Crippen LogP contribution is -2.14. The van der Waals surface area contributed by atoms with Crippen LogP contribution < -0.4 is 5.32 Å². The van der Waals surface area contributed by atoms with Gasteiger partial charge in [-0.05, 0) is 48.2 Å². The van der Waals surface area contributed by atoms with Crippen LogP contribution in [0.15, 0.2) is 52.9 Å². The van der Waals surface area contributed by atoms with Gasteiger partial charge in [-0.3, -0.25) is 4.79 Å². The molecule has 7 nitrogen and oxygen atoms in total. The molecule has 144 valence electrons. The second kappa shape index (κ2) is 7.54. The summed E-state index contributed by atoms with van der Waals surface area (Å²) in [7, 11) is 0. The van der Waals surface area contributed by atoms with Crippen LogP contribution in [-0.4, -0.2) is 36.5 Å². The molecule has 5 aromatic rings. The smallest absolute Gasteiger partial charge is 0.236 e. The molecular weight excluding hydrogens is 424 g/mol. The maximum Gasteiger partial charge on any atom is 0.236 e. The average molecular weight is 439 g/mol. The Morgan fingerprint density at radius 3 is 3.00 bits per heavy atom. The topological polar surface area (TPSA) is 85.1 Å². The zero-order chi connectivity index (χ0) is 19.8. The van der Waals surface area contributed by atoms with Gasteiger partial charge < -0.3 is 5.32 Å². The van der Waals surface area contributed by atoms with E-state index in [4.69, 9.17) is 0 Å². The van der Waals surface area contributed by atoms with E-state index in [2.05, 4.69) is 31.7 Å². The fourth-order valence-corrected chi connectivity index (χ4v) is 5.12. The van der Waals surface area contributed by atoms with Gasteiger partial charge in [0.15, 0.2) is 16.6 Å². The molecule has 0 atom stereocenters. The number of fused-ring (bicyclic) bond motifs is 2. The lowest BCUT2D eigenvalue weighted by atomic mass is 10.2. The number of anilines is 1. The van der Waals surface area contributed by atoms with E-state index < -0.39 is 0 Å². The molecule has 0 saturated carbocycles. The summed E-state index contributed by atoms with van der Waals surface area (Å²) < 4.78 is 2.77. The maximum absolute atomic E-state index is 12.4. The third-order valence-corrected chi connectivity index (χ3v) is 6.84. The molecule has 5 rings (SSSR count). The van der Waals surface area contributed by atoms with Crippen molar-refractivity contribution < 1.29 is 4.79 Å². The summed E-state index contributed by atoms with van der Waals surface area (Å²) >= 11 is 4.42. The van der Waals surface area contributed by atoms with Crippen molar-refractivity contribution in [1.82, 2.24) is 24.8 Å². The molecule has 0 aliphatic rings. The fourth-order valence-electron chi connectivity index (χ4n) is 2.79. The third-order valence-electron chi connectivity index (χ3n) is 4.12. The van der Waals surface area contributed by atoms with Gasteiger partial charge in [-0.1, -0.05) is 35.2 Å². The molecule has 0 fully saturated rings. The second-order valence-electron chi connectivity index (χ2n) is 6.27. The van der Waals surface area contributed by atoms with Gasteiger partial charge in [0.2, 0.25) is 5.91 Å². The molecular formula is C19H14N6OS3. The number of thiazole rings is 1. The molecule has 0 saturated heterocycles. The third kappa shape index (κ3) is 3.74. The summed E-state index contributed by atoms with van der Waals surface area (Å²) in [6.45, 7) is 2.04. The minimum absolute atomic E-state index is 0.116. The monoisotopic (exact) mass is 438 g/mol. The van der Waals surface area contributed by atoms with Crippen molar-refractivity contribution in [2.45, 2.75) is 11.9 Å². The molecule has 1 aromatic carbocycles. The largest absolute Gasteiger partial charge is 0.301 e. The highest BCUT2D eigenvalue weighted by molar-refractivity contribution is 7.99. The SMILES string of the molecule is Cc1ccc2nc(NC(=O)CSc3ccc4nnc(-c5cccs5)n4n3)sc2c1. The number of aromatic nitrogens is 5. The lowest BCUT2D eigenvalue weighted by molar-refractivity contribution is -0.113. The minimum Gasteiger partial charge on any atom is -0.301 e. The summed E-state index contributed by atoms with van der Waals surface area (Å²) in [5.41, 5.74) is 2.74. The quantitative estimate of drug-likeness (QED) is 0.407. The Balaban J connectivity index is 1.29. The van der Waals surface area contributed by atoms with Crippen LogP contribution in [0.1, 0.15) is 5.56 Å². The summed E-state index contributed by atoms with van der Waals surface area (Å²) in [6.07, 6.45) is 0. The lowest BCUT2D eigenvalue weighted by Gasteiger charge is -2.03. The number of thiophene rings is 1. The van der Waals surface area contributed by atoms with E-state index in [1.807, 2.05) is 48.7 Å². The average Bonchev–Trinajstić information content (AvgIpc) is 3.44. The molecule has 10 heteroatoms. The number of thioether (sulfide) groups is 1. The first-order chi connectivity index (χ1) is 14.2. The van der Waals surface area contributed by atoms with Crippen molar-refractivity contribution >= 4 is 61.3 Å². The molecule has 0 aliphatic carbocycles. The van der Waals surface area contributed by atoms with Gasteiger partial charge in [-0.2, -0.15) is 9.61 Å². The van der Waals surface area contributed by atoms with Gasteiger partial charge in [0.25, 0.3) is 0 Å². The maximum atomic E-state index is 12.4. The number of hydrogen-bond donors (Lipinski definition) is 1. The van der Waals surface area contributed by atoms with Crippen LogP contribution in [-0.2, 0) is 4.79 Å². The number of carbonyl (C=O) groups is 1. The molecule has 4 heterocycles. The predicted molar refractivity (Wildman–Crippen MR) is 118 cm³/mol. The molecule has 0 radical (unpaired) electrons. The highest BCUT2D eigenvalue weighted by Gasteiger charge is 2.13. The van der Waals surface area contributed by atoms with E-state index in [1.165, 1.54) is 28.7 Å². The zero-order valence-corrected chi connectivity index (χ0v) is 17.6. The van der Waals surface area contributed by atoms with Crippen LogP contribution >= 0.6 is 34.4 Å². The summed E-state index contributed by atoms with van der Waals surface area (Å²) in [5, 5.41) is 19.2.